The predicted molar refractivity (Wildman–Crippen MR) is 72.6 cm³/mol. The van der Waals surface area contributed by atoms with Crippen LogP contribution in [0, 0.1) is 0 Å². The van der Waals surface area contributed by atoms with Gasteiger partial charge in [-0.25, -0.2) is 0 Å². The molecule has 0 radical (unpaired) electrons. The van der Waals surface area contributed by atoms with Crippen LogP contribution < -0.4 is 10.5 Å². The van der Waals surface area contributed by atoms with Gasteiger partial charge in [0, 0.05) is 18.2 Å². The standard InChI is InChI=1S/C14H24N2O/c1-10(2)11-6-7-12(14(8-11)17-5)13(15)9-16(3)4/h6-8,10,13H,9,15H2,1-5H3. The molecule has 0 spiro atoms. The molecular formula is C14H24N2O. The molecule has 3 nitrogen and oxygen atoms in total. The molecule has 0 bridgehead atoms. The highest BCUT2D eigenvalue weighted by Gasteiger charge is 2.14. The Morgan fingerprint density at radius 1 is 1.29 bits per heavy atom. The van der Waals surface area contributed by atoms with Gasteiger partial charge >= 0.3 is 0 Å². The lowest BCUT2D eigenvalue weighted by Crippen LogP contribution is -2.26. The van der Waals surface area contributed by atoms with E-state index in [9.17, 15) is 0 Å². The molecule has 1 aromatic rings. The summed E-state index contributed by atoms with van der Waals surface area (Å²) in [6.07, 6.45) is 0. The van der Waals surface area contributed by atoms with Gasteiger partial charge in [-0.05, 0) is 31.6 Å². The van der Waals surface area contributed by atoms with Gasteiger partial charge in [0.2, 0.25) is 0 Å². The molecule has 0 amide bonds. The summed E-state index contributed by atoms with van der Waals surface area (Å²) in [5, 5.41) is 0. The van der Waals surface area contributed by atoms with Gasteiger partial charge < -0.3 is 15.4 Å². The van der Waals surface area contributed by atoms with E-state index in [-0.39, 0.29) is 6.04 Å². The third-order valence-corrected chi connectivity index (χ3v) is 2.89. The van der Waals surface area contributed by atoms with Gasteiger partial charge in [0.15, 0.2) is 0 Å². The van der Waals surface area contributed by atoms with Crippen LogP contribution in [0.25, 0.3) is 0 Å². The zero-order valence-corrected chi connectivity index (χ0v) is 11.5. The van der Waals surface area contributed by atoms with Crippen LogP contribution in [-0.2, 0) is 0 Å². The largest absolute Gasteiger partial charge is 0.496 e. The van der Waals surface area contributed by atoms with Gasteiger partial charge in [-0.3, -0.25) is 0 Å². The fourth-order valence-electron chi connectivity index (χ4n) is 1.88. The normalized spacial score (nSPS) is 13.2. The first-order valence-corrected chi connectivity index (χ1v) is 6.03. The average Bonchev–Trinajstić information content (AvgIpc) is 2.27. The van der Waals surface area contributed by atoms with E-state index in [0.29, 0.717) is 5.92 Å². The third kappa shape index (κ3) is 3.72. The molecule has 0 saturated heterocycles. The zero-order chi connectivity index (χ0) is 13.0. The van der Waals surface area contributed by atoms with E-state index >= 15 is 0 Å². The first-order chi connectivity index (χ1) is 7.95. The van der Waals surface area contributed by atoms with Crippen LogP contribution in [0.1, 0.15) is 36.9 Å². The summed E-state index contributed by atoms with van der Waals surface area (Å²) in [7, 11) is 5.75. The van der Waals surface area contributed by atoms with E-state index in [1.54, 1.807) is 7.11 Å². The van der Waals surface area contributed by atoms with Crippen LogP contribution in [0.4, 0.5) is 0 Å². The monoisotopic (exact) mass is 236 g/mol. The lowest BCUT2D eigenvalue weighted by Gasteiger charge is -2.20. The first-order valence-electron chi connectivity index (χ1n) is 6.03. The van der Waals surface area contributed by atoms with Crippen molar-refractivity contribution in [2.75, 3.05) is 27.7 Å². The Labute approximate surface area is 105 Å². The van der Waals surface area contributed by atoms with E-state index in [2.05, 4.69) is 36.9 Å². The van der Waals surface area contributed by atoms with E-state index in [1.165, 1.54) is 5.56 Å². The van der Waals surface area contributed by atoms with Crippen molar-refractivity contribution in [2.24, 2.45) is 5.73 Å². The lowest BCUT2D eigenvalue weighted by atomic mass is 9.98. The molecule has 1 rings (SSSR count). The smallest absolute Gasteiger partial charge is 0.123 e. The van der Waals surface area contributed by atoms with Crippen LogP contribution in [0.2, 0.25) is 0 Å². The molecule has 0 aliphatic carbocycles. The minimum Gasteiger partial charge on any atom is -0.496 e. The fourth-order valence-corrected chi connectivity index (χ4v) is 1.88. The van der Waals surface area contributed by atoms with Crippen molar-refractivity contribution in [2.45, 2.75) is 25.8 Å². The minimum atomic E-state index is -0.0128. The van der Waals surface area contributed by atoms with Gasteiger partial charge in [-0.15, -0.1) is 0 Å². The van der Waals surface area contributed by atoms with E-state index in [0.717, 1.165) is 17.9 Å². The summed E-state index contributed by atoms with van der Waals surface area (Å²) in [5.41, 5.74) is 8.53. The summed E-state index contributed by atoms with van der Waals surface area (Å²) in [6.45, 7) is 5.17. The summed E-state index contributed by atoms with van der Waals surface area (Å²) >= 11 is 0. The predicted octanol–water partition coefficient (Wildman–Crippen LogP) is 2.38. The van der Waals surface area contributed by atoms with Crippen molar-refractivity contribution < 1.29 is 4.74 Å². The van der Waals surface area contributed by atoms with Crippen LogP contribution in [0.15, 0.2) is 18.2 Å². The highest BCUT2D eigenvalue weighted by molar-refractivity contribution is 5.40. The fraction of sp³-hybridized carbons (Fsp3) is 0.571. The number of methoxy groups -OCH3 is 1. The van der Waals surface area contributed by atoms with Gasteiger partial charge in [0.05, 0.1) is 7.11 Å². The Hall–Kier alpha value is -1.06. The van der Waals surface area contributed by atoms with Gasteiger partial charge in [0.25, 0.3) is 0 Å². The molecule has 0 fully saturated rings. The molecule has 96 valence electrons. The van der Waals surface area contributed by atoms with Crippen LogP contribution in [0.5, 0.6) is 5.75 Å². The van der Waals surface area contributed by atoms with Crippen molar-refractivity contribution in [1.29, 1.82) is 0 Å². The number of ether oxygens (including phenoxy) is 1. The number of hydrogen-bond donors (Lipinski definition) is 1. The molecule has 3 heteroatoms. The zero-order valence-electron chi connectivity index (χ0n) is 11.5. The van der Waals surface area contributed by atoms with Crippen molar-refractivity contribution >= 4 is 0 Å². The SMILES string of the molecule is COc1cc(C(C)C)ccc1C(N)CN(C)C. The summed E-state index contributed by atoms with van der Waals surface area (Å²) in [4.78, 5) is 2.08. The molecule has 0 aromatic heterocycles. The maximum absolute atomic E-state index is 6.18. The van der Waals surface area contributed by atoms with E-state index in [1.807, 2.05) is 14.1 Å². The maximum Gasteiger partial charge on any atom is 0.123 e. The molecule has 0 heterocycles. The molecule has 1 atom stereocenters. The van der Waals surface area contributed by atoms with Crippen molar-refractivity contribution in [3.63, 3.8) is 0 Å². The van der Waals surface area contributed by atoms with E-state index < -0.39 is 0 Å². The molecule has 2 N–H and O–H groups in total. The van der Waals surface area contributed by atoms with Gasteiger partial charge in [-0.2, -0.15) is 0 Å². The topological polar surface area (TPSA) is 38.5 Å². The highest BCUT2D eigenvalue weighted by Crippen LogP contribution is 2.28. The van der Waals surface area contributed by atoms with Crippen molar-refractivity contribution in [1.82, 2.24) is 4.90 Å². The molecular weight excluding hydrogens is 212 g/mol. The second-order valence-electron chi connectivity index (χ2n) is 5.02. The maximum atomic E-state index is 6.18. The van der Waals surface area contributed by atoms with Gasteiger partial charge in [0.1, 0.15) is 5.75 Å². The van der Waals surface area contributed by atoms with Crippen molar-refractivity contribution in [3.8, 4) is 5.75 Å². The van der Waals surface area contributed by atoms with Crippen LogP contribution in [-0.4, -0.2) is 32.6 Å². The molecule has 17 heavy (non-hydrogen) atoms. The highest BCUT2D eigenvalue weighted by atomic mass is 16.5. The number of nitrogens with zero attached hydrogens (tertiary/aromatic N) is 1. The second-order valence-corrected chi connectivity index (χ2v) is 5.02. The number of benzene rings is 1. The molecule has 0 aliphatic rings. The Bertz CT molecular complexity index is 361. The Morgan fingerprint density at radius 2 is 1.94 bits per heavy atom. The summed E-state index contributed by atoms with van der Waals surface area (Å²) in [6, 6.07) is 6.30. The number of likely N-dealkylation sites (N-methyl/N-ethyl adjacent to an activating group) is 1. The van der Waals surface area contributed by atoms with E-state index in [4.69, 9.17) is 10.5 Å². The average molecular weight is 236 g/mol. The Balaban J connectivity index is 2.99. The molecule has 1 unspecified atom stereocenters. The first kappa shape index (κ1) is 14.0. The van der Waals surface area contributed by atoms with Crippen LogP contribution in [0.3, 0.4) is 0 Å². The lowest BCUT2D eigenvalue weighted by molar-refractivity contribution is 0.362. The molecule has 0 aliphatic heterocycles. The number of nitrogens with two attached hydrogens (primary N) is 1. The Morgan fingerprint density at radius 3 is 2.41 bits per heavy atom. The summed E-state index contributed by atoms with van der Waals surface area (Å²) in [5.74, 6) is 1.40. The quantitative estimate of drug-likeness (QED) is 0.853. The van der Waals surface area contributed by atoms with Gasteiger partial charge in [-0.1, -0.05) is 26.0 Å². The number of rotatable bonds is 5. The van der Waals surface area contributed by atoms with Crippen LogP contribution >= 0.6 is 0 Å². The second kappa shape index (κ2) is 6.03. The number of hydrogen-bond acceptors (Lipinski definition) is 3. The minimum absolute atomic E-state index is 0.0128. The molecule has 1 aromatic carbocycles. The van der Waals surface area contributed by atoms with Crippen molar-refractivity contribution in [3.05, 3.63) is 29.3 Å². The summed E-state index contributed by atoms with van der Waals surface area (Å²) < 4.78 is 5.44. The third-order valence-electron chi connectivity index (χ3n) is 2.89. The Kier molecular flexibility index (Phi) is 4.97. The molecule has 0 saturated carbocycles.